The monoisotopic (exact) mass is 382 g/mol. The van der Waals surface area contributed by atoms with E-state index in [1.165, 1.54) is 0 Å². The van der Waals surface area contributed by atoms with Gasteiger partial charge in [-0.25, -0.2) is 0 Å². The molecule has 0 fully saturated rings. The number of nitrogens with one attached hydrogen (secondary N) is 1. The molecule has 0 aromatic heterocycles. The predicted octanol–water partition coefficient (Wildman–Crippen LogP) is 3.34. The van der Waals surface area contributed by atoms with Gasteiger partial charge in [-0.15, -0.1) is 0 Å². The minimum Gasteiger partial charge on any atom is -0.493 e. The molecule has 0 heterocycles. The summed E-state index contributed by atoms with van der Waals surface area (Å²) in [7, 11) is 3.10. The molecule has 0 unspecified atom stereocenters. The van der Waals surface area contributed by atoms with Gasteiger partial charge in [-0.2, -0.15) is 0 Å². The van der Waals surface area contributed by atoms with Crippen molar-refractivity contribution in [1.29, 1.82) is 0 Å². The van der Waals surface area contributed by atoms with Crippen molar-refractivity contribution in [3.63, 3.8) is 0 Å². The Morgan fingerprint density at radius 3 is 2.18 bits per heavy atom. The first-order valence-corrected chi connectivity index (χ1v) is 9.13. The first-order valence-electron chi connectivity index (χ1n) is 9.13. The third kappa shape index (κ3) is 5.13. The molecule has 2 aromatic carbocycles. The van der Waals surface area contributed by atoms with Crippen molar-refractivity contribution >= 4 is 17.9 Å². The summed E-state index contributed by atoms with van der Waals surface area (Å²) in [5, 5.41) is 2.76. The number of nitrogens with zero attached hydrogens (tertiary/aromatic N) is 1. The van der Waals surface area contributed by atoms with Gasteiger partial charge in [-0.1, -0.05) is 24.3 Å². The molecule has 2 amide bonds. The zero-order valence-electron chi connectivity index (χ0n) is 16.7. The van der Waals surface area contributed by atoms with Crippen LogP contribution in [0, 0.1) is 0 Å². The van der Waals surface area contributed by atoms with Crippen LogP contribution in [0.3, 0.4) is 0 Å². The van der Waals surface area contributed by atoms with Crippen molar-refractivity contribution in [3.05, 3.63) is 65.4 Å². The fraction of sp³-hybridized carbons (Fsp3) is 0.273. The van der Waals surface area contributed by atoms with E-state index in [4.69, 9.17) is 9.47 Å². The maximum absolute atomic E-state index is 12.9. The van der Waals surface area contributed by atoms with E-state index in [0.29, 0.717) is 35.7 Å². The van der Waals surface area contributed by atoms with Crippen LogP contribution in [0.4, 0.5) is 0 Å². The average Bonchev–Trinajstić information content (AvgIpc) is 2.74. The Morgan fingerprint density at radius 1 is 0.964 bits per heavy atom. The molecule has 0 radical (unpaired) electrons. The number of benzene rings is 2. The SMILES string of the molecule is CCN(CC)C(=O)C(=Cc1ccc(OC)c(OC)c1)NC(=O)c1ccccc1. The number of hydrogen-bond acceptors (Lipinski definition) is 4. The average molecular weight is 382 g/mol. The summed E-state index contributed by atoms with van der Waals surface area (Å²) in [6, 6.07) is 14.1. The van der Waals surface area contributed by atoms with Gasteiger partial charge >= 0.3 is 0 Å². The van der Waals surface area contributed by atoms with E-state index in [2.05, 4.69) is 5.32 Å². The van der Waals surface area contributed by atoms with Crippen molar-refractivity contribution in [2.75, 3.05) is 27.3 Å². The van der Waals surface area contributed by atoms with Crippen molar-refractivity contribution in [3.8, 4) is 11.5 Å². The summed E-state index contributed by atoms with van der Waals surface area (Å²) < 4.78 is 10.6. The van der Waals surface area contributed by atoms with Crippen LogP contribution in [-0.4, -0.2) is 44.0 Å². The molecular formula is C22H26N2O4. The number of methoxy groups -OCH3 is 2. The first kappa shape index (κ1) is 21.0. The van der Waals surface area contributed by atoms with Gasteiger partial charge in [-0.05, 0) is 49.8 Å². The molecule has 0 spiro atoms. The van der Waals surface area contributed by atoms with Gasteiger partial charge in [0.2, 0.25) is 0 Å². The molecule has 0 saturated carbocycles. The van der Waals surface area contributed by atoms with Crippen LogP contribution in [0.25, 0.3) is 6.08 Å². The normalized spacial score (nSPS) is 10.9. The second-order valence-electron chi connectivity index (χ2n) is 5.97. The molecule has 0 aliphatic heterocycles. The molecule has 28 heavy (non-hydrogen) atoms. The molecule has 0 aliphatic rings. The van der Waals surface area contributed by atoms with Gasteiger partial charge in [0.1, 0.15) is 5.70 Å². The fourth-order valence-electron chi connectivity index (χ4n) is 2.73. The molecule has 6 heteroatoms. The van der Waals surface area contributed by atoms with Crippen LogP contribution in [-0.2, 0) is 4.79 Å². The summed E-state index contributed by atoms with van der Waals surface area (Å²) in [6.45, 7) is 4.88. The number of likely N-dealkylation sites (N-methyl/N-ethyl adjacent to an activating group) is 1. The Labute approximate surface area is 165 Å². The Balaban J connectivity index is 2.41. The number of rotatable bonds is 8. The zero-order valence-corrected chi connectivity index (χ0v) is 16.7. The highest BCUT2D eigenvalue weighted by molar-refractivity contribution is 6.05. The van der Waals surface area contributed by atoms with Crippen LogP contribution in [0.5, 0.6) is 11.5 Å². The Bertz CT molecular complexity index is 843. The van der Waals surface area contributed by atoms with Gasteiger partial charge in [0.15, 0.2) is 11.5 Å². The van der Waals surface area contributed by atoms with Crippen molar-refractivity contribution < 1.29 is 19.1 Å². The molecule has 0 saturated heterocycles. The summed E-state index contributed by atoms with van der Waals surface area (Å²) in [5.41, 5.74) is 1.39. The van der Waals surface area contributed by atoms with E-state index in [1.807, 2.05) is 19.9 Å². The van der Waals surface area contributed by atoms with Crippen molar-refractivity contribution in [2.24, 2.45) is 0 Å². The number of amides is 2. The molecule has 1 N–H and O–H groups in total. The second-order valence-corrected chi connectivity index (χ2v) is 5.97. The Morgan fingerprint density at radius 2 is 1.61 bits per heavy atom. The summed E-state index contributed by atoms with van der Waals surface area (Å²) in [5.74, 6) is 0.543. The van der Waals surface area contributed by atoms with E-state index < -0.39 is 0 Å². The van der Waals surface area contributed by atoms with E-state index in [-0.39, 0.29) is 17.5 Å². The third-order valence-corrected chi connectivity index (χ3v) is 4.28. The Kier molecular flexibility index (Phi) is 7.63. The van der Waals surface area contributed by atoms with Crippen LogP contribution < -0.4 is 14.8 Å². The third-order valence-electron chi connectivity index (χ3n) is 4.28. The number of carbonyl (C=O) groups is 2. The molecule has 0 aliphatic carbocycles. The molecule has 148 valence electrons. The molecular weight excluding hydrogens is 356 g/mol. The van der Waals surface area contributed by atoms with Crippen LogP contribution in [0.2, 0.25) is 0 Å². The van der Waals surface area contributed by atoms with E-state index >= 15 is 0 Å². The van der Waals surface area contributed by atoms with Crippen LogP contribution >= 0.6 is 0 Å². The molecule has 0 atom stereocenters. The van der Waals surface area contributed by atoms with Crippen LogP contribution in [0.1, 0.15) is 29.8 Å². The lowest BCUT2D eigenvalue weighted by Gasteiger charge is -2.21. The number of carbonyl (C=O) groups excluding carboxylic acids is 2. The summed E-state index contributed by atoms with van der Waals surface area (Å²) >= 11 is 0. The second kappa shape index (κ2) is 10.2. The highest BCUT2D eigenvalue weighted by atomic mass is 16.5. The highest BCUT2D eigenvalue weighted by Crippen LogP contribution is 2.28. The molecule has 2 aromatic rings. The highest BCUT2D eigenvalue weighted by Gasteiger charge is 2.19. The number of hydrogen-bond donors (Lipinski definition) is 1. The lowest BCUT2D eigenvalue weighted by Crippen LogP contribution is -2.38. The van der Waals surface area contributed by atoms with E-state index in [1.54, 1.807) is 67.7 Å². The first-order chi connectivity index (χ1) is 13.5. The number of ether oxygens (including phenoxy) is 2. The fourth-order valence-corrected chi connectivity index (χ4v) is 2.73. The van der Waals surface area contributed by atoms with Gasteiger partial charge < -0.3 is 19.7 Å². The minimum atomic E-state index is -0.340. The van der Waals surface area contributed by atoms with Gasteiger partial charge in [0, 0.05) is 18.7 Å². The predicted molar refractivity (Wildman–Crippen MR) is 109 cm³/mol. The van der Waals surface area contributed by atoms with Crippen LogP contribution in [0.15, 0.2) is 54.2 Å². The zero-order chi connectivity index (χ0) is 20.5. The lowest BCUT2D eigenvalue weighted by atomic mass is 10.1. The lowest BCUT2D eigenvalue weighted by molar-refractivity contribution is -0.127. The van der Waals surface area contributed by atoms with E-state index in [9.17, 15) is 9.59 Å². The van der Waals surface area contributed by atoms with Gasteiger partial charge in [0.25, 0.3) is 11.8 Å². The van der Waals surface area contributed by atoms with Crippen molar-refractivity contribution in [1.82, 2.24) is 10.2 Å². The minimum absolute atomic E-state index is 0.199. The quantitative estimate of drug-likeness (QED) is 0.711. The molecule has 2 rings (SSSR count). The maximum Gasteiger partial charge on any atom is 0.270 e. The molecule has 0 bridgehead atoms. The van der Waals surface area contributed by atoms with Gasteiger partial charge in [-0.3, -0.25) is 9.59 Å². The summed E-state index contributed by atoms with van der Waals surface area (Å²) in [6.07, 6.45) is 1.64. The standard InChI is InChI=1S/C22H26N2O4/c1-5-24(6-2)22(26)18(23-21(25)17-10-8-7-9-11-17)14-16-12-13-19(27-3)20(15-16)28-4/h7-15H,5-6H2,1-4H3,(H,23,25). The van der Waals surface area contributed by atoms with Gasteiger partial charge in [0.05, 0.1) is 14.2 Å². The Hall–Kier alpha value is -3.28. The smallest absolute Gasteiger partial charge is 0.270 e. The topological polar surface area (TPSA) is 67.9 Å². The molecule has 6 nitrogen and oxygen atoms in total. The maximum atomic E-state index is 12.9. The largest absolute Gasteiger partial charge is 0.493 e. The summed E-state index contributed by atoms with van der Waals surface area (Å²) in [4.78, 5) is 27.2. The van der Waals surface area contributed by atoms with E-state index in [0.717, 1.165) is 0 Å². The van der Waals surface area contributed by atoms with Crippen molar-refractivity contribution in [2.45, 2.75) is 13.8 Å².